The highest BCUT2D eigenvalue weighted by atomic mass is 16.5. The second kappa shape index (κ2) is 9.14. The fourth-order valence-electron chi connectivity index (χ4n) is 3.04. The highest BCUT2D eigenvalue weighted by molar-refractivity contribution is 5.58. The van der Waals surface area contributed by atoms with Crippen molar-refractivity contribution in [2.24, 2.45) is 0 Å². The number of pyridine rings is 1. The third-order valence-electron chi connectivity index (χ3n) is 4.58. The maximum Gasteiger partial charge on any atom is 0.139 e. The van der Waals surface area contributed by atoms with Crippen molar-refractivity contribution in [1.29, 1.82) is 0 Å². The summed E-state index contributed by atoms with van der Waals surface area (Å²) in [6.07, 6.45) is 8.07. The van der Waals surface area contributed by atoms with Crippen LogP contribution in [0.25, 0.3) is 0 Å². The number of terminal acetylenes is 1. The lowest BCUT2D eigenvalue weighted by Gasteiger charge is -2.37. The summed E-state index contributed by atoms with van der Waals surface area (Å²) in [6, 6.07) is 13.6. The molecule has 1 saturated heterocycles. The van der Waals surface area contributed by atoms with Gasteiger partial charge in [-0.2, -0.15) is 0 Å². The van der Waals surface area contributed by atoms with E-state index >= 15 is 0 Å². The molecule has 0 N–H and O–H groups in total. The van der Waals surface area contributed by atoms with Crippen molar-refractivity contribution in [3.05, 3.63) is 59.8 Å². The topological polar surface area (TPSA) is 45.7 Å². The van der Waals surface area contributed by atoms with Crippen molar-refractivity contribution in [3.63, 3.8) is 0 Å². The Labute approximate surface area is 154 Å². The first kappa shape index (κ1) is 18.1. The molecule has 0 bridgehead atoms. The molecule has 0 amide bonds. The highest BCUT2D eigenvalue weighted by Crippen LogP contribution is 2.15. The molecule has 1 aliphatic rings. The molecule has 134 valence electrons. The van der Waals surface area contributed by atoms with Crippen molar-refractivity contribution in [2.75, 3.05) is 37.7 Å². The standard InChI is InChI=1S/C21H23N3O2/c1-2-18-8-9-21(22-14-18)24-12-10-23(11-13-24)20(15-25)17-26-16-19-6-4-3-5-7-19/h1,3-9,14-15,20H,10-13,16-17H2. The highest BCUT2D eigenvalue weighted by Gasteiger charge is 2.24. The number of anilines is 1. The predicted molar refractivity (Wildman–Crippen MR) is 102 cm³/mol. The molecule has 26 heavy (non-hydrogen) atoms. The third-order valence-corrected chi connectivity index (χ3v) is 4.58. The zero-order chi connectivity index (χ0) is 18.2. The molecule has 0 radical (unpaired) electrons. The van der Waals surface area contributed by atoms with Gasteiger partial charge in [0.1, 0.15) is 12.1 Å². The minimum absolute atomic E-state index is 0.211. The van der Waals surface area contributed by atoms with Gasteiger partial charge in [-0.1, -0.05) is 36.3 Å². The van der Waals surface area contributed by atoms with Crippen LogP contribution in [-0.2, 0) is 16.1 Å². The lowest BCUT2D eigenvalue weighted by Crippen LogP contribution is -2.52. The lowest BCUT2D eigenvalue weighted by molar-refractivity contribution is -0.115. The van der Waals surface area contributed by atoms with E-state index < -0.39 is 0 Å². The Hall–Kier alpha value is -2.68. The van der Waals surface area contributed by atoms with Crippen LogP contribution in [0.15, 0.2) is 48.7 Å². The predicted octanol–water partition coefficient (Wildman–Crippen LogP) is 1.97. The number of piperazine rings is 1. The second-order valence-electron chi connectivity index (χ2n) is 6.28. The van der Waals surface area contributed by atoms with E-state index in [1.165, 1.54) is 0 Å². The molecule has 3 rings (SSSR count). The molecule has 1 atom stereocenters. The zero-order valence-corrected chi connectivity index (χ0v) is 14.8. The SMILES string of the molecule is C#Cc1ccc(N2CCN(C(C=O)COCc3ccccc3)CC2)nc1. The average molecular weight is 349 g/mol. The lowest BCUT2D eigenvalue weighted by atomic mass is 10.2. The van der Waals surface area contributed by atoms with Crippen LogP contribution >= 0.6 is 0 Å². The van der Waals surface area contributed by atoms with Gasteiger partial charge in [0, 0.05) is 37.9 Å². The summed E-state index contributed by atoms with van der Waals surface area (Å²) in [5.41, 5.74) is 1.90. The molecule has 1 aromatic carbocycles. The molecule has 0 aliphatic carbocycles. The number of aromatic nitrogens is 1. The van der Waals surface area contributed by atoms with Crippen LogP contribution in [-0.4, -0.2) is 55.0 Å². The van der Waals surface area contributed by atoms with Gasteiger partial charge in [0.25, 0.3) is 0 Å². The fourth-order valence-corrected chi connectivity index (χ4v) is 3.04. The van der Waals surface area contributed by atoms with Gasteiger partial charge in [0.15, 0.2) is 0 Å². The van der Waals surface area contributed by atoms with E-state index in [-0.39, 0.29) is 6.04 Å². The van der Waals surface area contributed by atoms with Crippen LogP contribution in [0.4, 0.5) is 5.82 Å². The normalized spacial score (nSPS) is 16.0. The van der Waals surface area contributed by atoms with Crippen molar-refractivity contribution in [2.45, 2.75) is 12.6 Å². The molecular weight excluding hydrogens is 326 g/mol. The minimum Gasteiger partial charge on any atom is -0.375 e. The van der Waals surface area contributed by atoms with Gasteiger partial charge in [-0.15, -0.1) is 6.42 Å². The Morgan fingerprint density at radius 1 is 1.15 bits per heavy atom. The first-order valence-electron chi connectivity index (χ1n) is 8.79. The van der Waals surface area contributed by atoms with Gasteiger partial charge in [-0.3, -0.25) is 4.90 Å². The van der Waals surface area contributed by atoms with Crippen LogP contribution in [0.5, 0.6) is 0 Å². The van der Waals surface area contributed by atoms with Crippen LogP contribution in [0.2, 0.25) is 0 Å². The quantitative estimate of drug-likeness (QED) is 0.565. The average Bonchev–Trinajstić information content (AvgIpc) is 2.72. The number of rotatable bonds is 7. The maximum absolute atomic E-state index is 11.5. The van der Waals surface area contributed by atoms with E-state index in [1.54, 1.807) is 6.20 Å². The number of benzene rings is 1. The molecule has 0 saturated carbocycles. The van der Waals surface area contributed by atoms with Gasteiger partial charge in [0.05, 0.1) is 19.3 Å². The van der Waals surface area contributed by atoms with E-state index in [0.717, 1.165) is 49.4 Å². The monoisotopic (exact) mass is 349 g/mol. The summed E-state index contributed by atoms with van der Waals surface area (Å²) in [7, 11) is 0. The number of hydrogen-bond donors (Lipinski definition) is 0. The Kier molecular flexibility index (Phi) is 6.37. The maximum atomic E-state index is 11.5. The summed E-state index contributed by atoms with van der Waals surface area (Å²) in [6.45, 7) is 4.19. The Morgan fingerprint density at radius 2 is 1.92 bits per heavy atom. The van der Waals surface area contributed by atoms with Crippen LogP contribution < -0.4 is 4.90 Å². The zero-order valence-electron chi connectivity index (χ0n) is 14.8. The van der Waals surface area contributed by atoms with E-state index in [4.69, 9.17) is 11.2 Å². The van der Waals surface area contributed by atoms with E-state index in [9.17, 15) is 4.79 Å². The largest absolute Gasteiger partial charge is 0.375 e. The Morgan fingerprint density at radius 3 is 2.54 bits per heavy atom. The molecular formula is C21H23N3O2. The van der Waals surface area contributed by atoms with Gasteiger partial charge < -0.3 is 14.4 Å². The number of aldehydes is 1. The first-order chi connectivity index (χ1) is 12.8. The third kappa shape index (κ3) is 4.69. The van der Waals surface area contributed by atoms with E-state index in [0.29, 0.717) is 13.2 Å². The summed E-state index contributed by atoms with van der Waals surface area (Å²) in [5.74, 6) is 3.50. The van der Waals surface area contributed by atoms with E-state index in [2.05, 4.69) is 20.7 Å². The Balaban J connectivity index is 1.47. The summed E-state index contributed by atoms with van der Waals surface area (Å²) >= 11 is 0. The fraction of sp³-hybridized carbons (Fsp3) is 0.333. The van der Waals surface area contributed by atoms with Crippen molar-refractivity contribution < 1.29 is 9.53 Å². The number of carbonyl (C=O) groups is 1. The molecule has 1 aliphatic heterocycles. The van der Waals surface area contributed by atoms with Crippen LogP contribution in [0, 0.1) is 12.3 Å². The van der Waals surface area contributed by atoms with E-state index in [1.807, 2.05) is 42.5 Å². The summed E-state index contributed by atoms with van der Waals surface area (Å²) in [4.78, 5) is 20.3. The summed E-state index contributed by atoms with van der Waals surface area (Å²) < 4.78 is 5.75. The van der Waals surface area contributed by atoms with Crippen LogP contribution in [0.3, 0.4) is 0 Å². The van der Waals surface area contributed by atoms with Gasteiger partial charge in [-0.25, -0.2) is 4.98 Å². The molecule has 2 aromatic rings. The smallest absolute Gasteiger partial charge is 0.139 e. The molecule has 1 fully saturated rings. The number of hydrogen-bond acceptors (Lipinski definition) is 5. The molecule has 1 aromatic heterocycles. The van der Waals surface area contributed by atoms with Gasteiger partial charge in [0.2, 0.25) is 0 Å². The molecule has 0 spiro atoms. The van der Waals surface area contributed by atoms with Crippen molar-refractivity contribution in [1.82, 2.24) is 9.88 Å². The second-order valence-corrected chi connectivity index (χ2v) is 6.28. The number of nitrogens with zero attached hydrogens (tertiary/aromatic N) is 3. The number of carbonyl (C=O) groups excluding carboxylic acids is 1. The molecule has 5 nitrogen and oxygen atoms in total. The molecule has 1 unspecified atom stereocenters. The van der Waals surface area contributed by atoms with Gasteiger partial charge in [-0.05, 0) is 17.7 Å². The molecule has 2 heterocycles. The van der Waals surface area contributed by atoms with Crippen molar-refractivity contribution in [3.8, 4) is 12.3 Å². The summed E-state index contributed by atoms with van der Waals surface area (Å²) in [5, 5.41) is 0. The number of ether oxygens (including phenoxy) is 1. The van der Waals surface area contributed by atoms with Crippen LogP contribution in [0.1, 0.15) is 11.1 Å². The first-order valence-corrected chi connectivity index (χ1v) is 8.79. The molecule has 5 heteroatoms. The van der Waals surface area contributed by atoms with Gasteiger partial charge >= 0.3 is 0 Å². The Bertz CT molecular complexity index is 732. The van der Waals surface area contributed by atoms with Crippen molar-refractivity contribution >= 4 is 12.1 Å². The minimum atomic E-state index is -0.211.